The maximum Gasteiger partial charge on any atom is 0.0164 e. The predicted molar refractivity (Wildman–Crippen MR) is 56.1 cm³/mol. The molecule has 1 saturated carbocycles. The van der Waals surface area contributed by atoms with Gasteiger partial charge < -0.3 is 0 Å². The lowest BCUT2D eigenvalue weighted by atomic mass is 9.53. The lowest BCUT2D eigenvalue weighted by molar-refractivity contribution is 0.0124. The van der Waals surface area contributed by atoms with Gasteiger partial charge in [0.05, 0.1) is 0 Å². The highest BCUT2D eigenvalue weighted by molar-refractivity contribution is 9.12. The minimum absolute atomic E-state index is 0.489. The van der Waals surface area contributed by atoms with Gasteiger partial charge in [-0.3, -0.25) is 0 Å². The van der Waals surface area contributed by atoms with Gasteiger partial charge in [-0.25, -0.2) is 0 Å². The van der Waals surface area contributed by atoms with Crippen molar-refractivity contribution in [3.8, 4) is 0 Å². The molecule has 2 unspecified atom stereocenters. The van der Waals surface area contributed by atoms with Crippen molar-refractivity contribution in [2.24, 2.45) is 17.3 Å². The number of hydrogen-bond acceptors (Lipinski definition) is 0. The highest BCUT2D eigenvalue weighted by atomic mass is 79.9. The lowest BCUT2D eigenvalue weighted by Gasteiger charge is -2.51. The van der Waals surface area contributed by atoms with Crippen LogP contribution in [0.1, 0.15) is 26.7 Å². The van der Waals surface area contributed by atoms with Crippen LogP contribution < -0.4 is 0 Å². The fraction of sp³-hybridized carbons (Fsp3) is 0.636. The summed E-state index contributed by atoms with van der Waals surface area (Å²) < 4.78 is 1.25. The van der Waals surface area contributed by atoms with Crippen LogP contribution in [0.4, 0.5) is 0 Å². The summed E-state index contributed by atoms with van der Waals surface area (Å²) in [5, 5.41) is 0. The summed E-state index contributed by atoms with van der Waals surface area (Å²) in [4.78, 5) is 0. The summed E-state index contributed by atoms with van der Waals surface area (Å²) in [5.74, 6) is 1.60. The quantitative estimate of drug-likeness (QED) is 0.589. The SMILES string of the molecule is C=C1C(Br)=CCC2CC1C2(C)C. The molecule has 2 bridgehead atoms. The van der Waals surface area contributed by atoms with E-state index in [4.69, 9.17) is 0 Å². The summed E-state index contributed by atoms with van der Waals surface area (Å²) in [5.41, 5.74) is 1.80. The molecule has 0 N–H and O–H groups in total. The van der Waals surface area contributed by atoms with E-state index >= 15 is 0 Å². The molecule has 1 heteroatoms. The smallest absolute Gasteiger partial charge is 0.0164 e. The summed E-state index contributed by atoms with van der Waals surface area (Å²) in [6.45, 7) is 8.90. The molecule has 0 nitrogen and oxygen atoms in total. The van der Waals surface area contributed by atoms with Gasteiger partial charge in [0.1, 0.15) is 0 Å². The third-order valence-corrected chi connectivity index (χ3v) is 4.61. The van der Waals surface area contributed by atoms with Crippen LogP contribution in [0, 0.1) is 17.3 Å². The maximum absolute atomic E-state index is 4.15. The Kier molecular flexibility index (Phi) is 1.76. The van der Waals surface area contributed by atoms with E-state index in [2.05, 4.69) is 42.4 Å². The first-order chi connectivity index (χ1) is 5.53. The average Bonchev–Trinajstić information content (AvgIpc) is 2.18. The zero-order chi connectivity index (χ0) is 8.93. The second kappa shape index (κ2) is 2.47. The average molecular weight is 227 g/mol. The number of fused-ring (bicyclic) bond motifs is 2. The summed E-state index contributed by atoms with van der Waals surface area (Å²) in [6.07, 6.45) is 4.86. The largest absolute Gasteiger partial charge is 0.0944 e. The van der Waals surface area contributed by atoms with Gasteiger partial charge in [-0.1, -0.05) is 42.4 Å². The van der Waals surface area contributed by atoms with Crippen molar-refractivity contribution in [2.45, 2.75) is 26.7 Å². The minimum Gasteiger partial charge on any atom is -0.0944 e. The molecule has 3 aliphatic carbocycles. The number of halogens is 1. The molecule has 0 aromatic carbocycles. The van der Waals surface area contributed by atoms with E-state index in [0.717, 1.165) is 11.8 Å². The molecule has 0 heterocycles. The fourth-order valence-corrected chi connectivity index (χ4v) is 3.01. The van der Waals surface area contributed by atoms with Gasteiger partial charge in [0.15, 0.2) is 0 Å². The first kappa shape index (κ1) is 8.55. The molecule has 3 aliphatic rings. The Morgan fingerprint density at radius 3 is 2.83 bits per heavy atom. The first-order valence-corrected chi connectivity index (χ1v) is 5.37. The highest BCUT2D eigenvalue weighted by Crippen LogP contribution is 2.59. The van der Waals surface area contributed by atoms with Gasteiger partial charge in [-0.15, -0.1) is 0 Å². The summed E-state index contributed by atoms with van der Waals surface area (Å²) >= 11 is 3.58. The normalized spacial score (nSPS) is 38.2. The molecule has 0 spiro atoms. The van der Waals surface area contributed by atoms with Crippen molar-refractivity contribution in [3.63, 3.8) is 0 Å². The number of hydrogen-bond donors (Lipinski definition) is 0. The molecule has 0 saturated heterocycles. The molecule has 0 radical (unpaired) electrons. The van der Waals surface area contributed by atoms with Crippen LogP contribution in [0.3, 0.4) is 0 Å². The molecule has 0 aromatic rings. The highest BCUT2D eigenvalue weighted by Gasteiger charge is 2.49. The molecule has 0 aromatic heterocycles. The van der Waals surface area contributed by atoms with Gasteiger partial charge in [0, 0.05) is 4.48 Å². The first-order valence-electron chi connectivity index (χ1n) is 4.58. The molecule has 1 fully saturated rings. The van der Waals surface area contributed by atoms with Crippen LogP contribution in [0.25, 0.3) is 0 Å². The van der Waals surface area contributed by atoms with Crippen LogP contribution in [-0.2, 0) is 0 Å². The van der Waals surface area contributed by atoms with Crippen molar-refractivity contribution in [1.29, 1.82) is 0 Å². The maximum atomic E-state index is 4.15. The molecular formula is C11H15Br. The Labute approximate surface area is 82.9 Å². The Hall–Kier alpha value is -0.0400. The van der Waals surface area contributed by atoms with Crippen molar-refractivity contribution in [1.82, 2.24) is 0 Å². The van der Waals surface area contributed by atoms with E-state index in [1.54, 1.807) is 0 Å². The second-order valence-corrected chi connectivity index (χ2v) is 5.47. The zero-order valence-electron chi connectivity index (χ0n) is 7.73. The molecule has 3 rings (SSSR count). The Morgan fingerprint density at radius 1 is 1.58 bits per heavy atom. The van der Waals surface area contributed by atoms with Crippen LogP contribution in [0.5, 0.6) is 0 Å². The molecular weight excluding hydrogens is 212 g/mol. The Morgan fingerprint density at radius 2 is 2.25 bits per heavy atom. The molecule has 2 atom stereocenters. The van der Waals surface area contributed by atoms with E-state index in [1.807, 2.05) is 0 Å². The zero-order valence-corrected chi connectivity index (χ0v) is 9.32. The third kappa shape index (κ3) is 0.953. The summed E-state index contributed by atoms with van der Waals surface area (Å²) in [7, 11) is 0. The van der Waals surface area contributed by atoms with Crippen molar-refractivity contribution in [2.75, 3.05) is 0 Å². The van der Waals surface area contributed by atoms with Crippen LogP contribution >= 0.6 is 15.9 Å². The van der Waals surface area contributed by atoms with Crippen molar-refractivity contribution in [3.05, 3.63) is 22.7 Å². The van der Waals surface area contributed by atoms with Crippen LogP contribution in [-0.4, -0.2) is 0 Å². The van der Waals surface area contributed by atoms with Crippen molar-refractivity contribution < 1.29 is 0 Å². The molecule has 0 aliphatic heterocycles. The molecule has 0 amide bonds. The van der Waals surface area contributed by atoms with E-state index in [9.17, 15) is 0 Å². The lowest BCUT2D eigenvalue weighted by Crippen LogP contribution is -2.44. The van der Waals surface area contributed by atoms with E-state index < -0.39 is 0 Å². The number of rotatable bonds is 0. The van der Waals surface area contributed by atoms with Gasteiger partial charge >= 0.3 is 0 Å². The third-order valence-electron chi connectivity index (χ3n) is 3.78. The fourth-order valence-electron chi connectivity index (χ4n) is 2.55. The van der Waals surface area contributed by atoms with Gasteiger partial charge in [0.2, 0.25) is 0 Å². The van der Waals surface area contributed by atoms with Gasteiger partial charge in [-0.05, 0) is 35.7 Å². The van der Waals surface area contributed by atoms with E-state index in [1.165, 1.54) is 22.9 Å². The second-order valence-electron chi connectivity index (χ2n) is 4.62. The standard InChI is InChI=1S/C11H15Br/c1-7-9-6-8(11(9,2)3)4-5-10(7)12/h5,8-9H,1,4,6H2,2-3H3. The van der Waals surface area contributed by atoms with Crippen LogP contribution in [0.2, 0.25) is 0 Å². The number of allylic oxidation sites excluding steroid dienone is 3. The Balaban J connectivity index is 2.33. The molecule has 12 heavy (non-hydrogen) atoms. The van der Waals surface area contributed by atoms with Gasteiger partial charge in [0.25, 0.3) is 0 Å². The minimum atomic E-state index is 0.489. The van der Waals surface area contributed by atoms with E-state index in [0.29, 0.717) is 5.41 Å². The van der Waals surface area contributed by atoms with E-state index in [-0.39, 0.29) is 0 Å². The Bertz CT molecular complexity index is 260. The molecule has 66 valence electrons. The van der Waals surface area contributed by atoms with Crippen LogP contribution in [0.15, 0.2) is 22.7 Å². The predicted octanol–water partition coefficient (Wildman–Crippen LogP) is 3.89. The summed E-state index contributed by atoms with van der Waals surface area (Å²) in [6, 6.07) is 0. The monoisotopic (exact) mass is 226 g/mol. The van der Waals surface area contributed by atoms with Gasteiger partial charge in [-0.2, -0.15) is 0 Å². The topological polar surface area (TPSA) is 0 Å². The van der Waals surface area contributed by atoms with Crippen molar-refractivity contribution >= 4 is 15.9 Å².